The van der Waals surface area contributed by atoms with E-state index < -0.39 is 0 Å². The molecule has 0 aliphatic carbocycles. The maximum Gasteiger partial charge on any atom is 0.126 e. The molecule has 0 amide bonds. The number of benzene rings is 2. The van der Waals surface area contributed by atoms with Gasteiger partial charge in [-0.1, -0.05) is 82.9 Å². The van der Waals surface area contributed by atoms with E-state index in [0.717, 1.165) is 28.7 Å². The Morgan fingerprint density at radius 2 is 1.73 bits per heavy atom. The highest BCUT2D eigenvalue weighted by molar-refractivity contribution is 5.89. The summed E-state index contributed by atoms with van der Waals surface area (Å²) in [4.78, 5) is 0. The summed E-state index contributed by atoms with van der Waals surface area (Å²) in [6.45, 7) is 6.82. The highest BCUT2D eigenvalue weighted by atomic mass is 16.3. The van der Waals surface area contributed by atoms with Crippen molar-refractivity contribution in [1.29, 1.82) is 0 Å². The molecule has 0 radical (unpaired) electrons. The number of hydrogen-bond acceptors (Lipinski definition) is 1. The molecule has 2 aromatic rings. The van der Waals surface area contributed by atoms with Crippen molar-refractivity contribution in [3.63, 3.8) is 0 Å². The van der Waals surface area contributed by atoms with Crippen LogP contribution in [0.1, 0.15) is 70.8 Å². The molecule has 0 saturated carbocycles. The van der Waals surface area contributed by atoms with Crippen LogP contribution >= 0.6 is 0 Å². The van der Waals surface area contributed by atoms with Gasteiger partial charge in [0, 0.05) is 5.39 Å². The van der Waals surface area contributed by atoms with Crippen LogP contribution in [-0.2, 0) is 0 Å². The summed E-state index contributed by atoms with van der Waals surface area (Å²) in [5.74, 6) is 1.73. The Kier molecular flexibility index (Phi) is 6.30. The second-order valence-corrected chi connectivity index (χ2v) is 6.62. The lowest BCUT2D eigenvalue weighted by molar-refractivity contribution is 0.392. The molecule has 0 heterocycles. The van der Waals surface area contributed by atoms with Gasteiger partial charge in [-0.05, 0) is 35.6 Å². The van der Waals surface area contributed by atoms with Crippen molar-refractivity contribution in [2.75, 3.05) is 0 Å². The quantitative estimate of drug-likeness (QED) is 0.578. The van der Waals surface area contributed by atoms with Gasteiger partial charge in [-0.15, -0.1) is 0 Å². The van der Waals surface area contributed by atoms with Crippen LogP contribution in [0.15, 0.2) is 36.4 Å². The van der Waals surface area contributed by atoms with E-state index in [0.29, 0.717) is 11.7 Å². The van der Waals surface area contributed by atoms with Crippen LogP contribution in [-0.4, -0.2) is 5.11 Å². The normalized spacial score (nSPS) is 14.1. The van der Waals surface area contributed by atoms with E-state index in [2.05, 4.69) is 39.0 Å². The molecule has 0 bridgehead atoms. The number of rotatable bonds is 8. The predicted octanol–water partition coefficient (Wildman–Crippen LogP) is 6.65. The van der Waals surface area contributed by atoms with Gasteiger partial charge in [0.05, 0.1) is 0 Å². The Morgan fingerprint density at radius 3 is 2.45 bits per heavy atom. The van der Waals surface area contributed by atoms with Gasteiger partial charge in [0.2, 0.25) is 0 Å². The molecule has 0 aliphatic rings. The van der Waals surface area contributed by atoms with Crippen LogP contribution in [0.4, 0.5) is 0 Å². The fraction of sp³-hybridized carbons (Fsp3) is 0.524. The van der Waals surface area contributed by atoms with Crippen LogP contribution in [0.3, 0.4) is 0 Å². The summed E-state index contributed by atoms with van der Waals surface area (Å²) < 4.78 is 0. The molecule has 1 heteroatoms. The van der Waals surface area contributed by atoms with Crippen LogP contribution in [0, 0.1) is 5.92 Å². The largest absolute Gasteiger partial charge is 0.507 e. The number of phenolic OH excluding ortho intramolecular Hbond substituents is 1. The van der Waals surface area contributed by atoms with Gasteiger partial charge >= 0.3 is 0 Å². The number of aromatic hydroxyl groups is 1. The van der Waals surface area contributed by atoms with Crippen LogP contribution in [0.25, 0.3) is 10.8 Å². The molecule has 0 aliphatic heterocycles. The van der Waals surface area contributed by atoms with Crippen molar-refractivity contribution in [1.82, 2.24) is 0 Å². The van der Waals surface area contributed by atoms with Gasteiger partial charge in [0.25, 0.3) is 0 Å². The van der Waals surface area contributed by atoms with Crippen molar-refractivity contribution < 1.29 is 5.11 Å². The third kappa shape index (κ3) is 4.03. The zero-order valence-corrected chi connectivity index (χ0v) is 14.3. The molecule has 2 unspecified atom stereocenters. The first-order valence-corrected chi connectivity index (χ1v) is 8.87. The lowest BCUT2D eigenvalue weighted by atomic mass is 9.87. The molecule has 22 heavy (non-hydrogen) atoms. The summed E-state index contributed by atoms with van der Waals surface area (Å²) in [6.07, 6.45) is 7.68. The maximum absolute atomic E-state index is 10.6. The second kappa shape index (κ2) is 8.22. The minimum atomic E-state index is 0.417. The summed E-state index contributed by atoms with van der Waals surface area (Å²) in [5, 5.41) is 12.7. The predicted molar refractivity (Wildman–Crippen MR) is 96.6 cm³/mol. The van der Waals surface area contributed by atoms with E-state index >= 15 is 0 Å². The third-order valence-corrected chi connectivity index (χ3v) is 5.01. The molecule has 2 atom stereocenters. The van der Waals surface area contributed by atoms with E-state index in [1.165, 1.54) is 32.1 Å². The summed E-state index contributed by atoms with van der Waals surface area (Å²) >= 11 is 0. The molecule has 2 rings (SSSR count). The van der Waals surface area contributed by atoms with Crippen molar-refractivity contribution in [3.05, 3.63) is 42.0 Å². The fourth-order valence-electron chi connectivity index (χ4n) is 3.36. The maximum atomic E-state index is 10.6. The number of fused-ring (bicyclic) bond motifs is 1. The van der Waals surface area contributed by atoms with Gasteiger partial charge < -0.3 is 5.11 Å². The molecule has 0 fully saturated rings. The highest BCUT2D eigenvalue weighted by Gasteiger charge is 2.15. The molecule has 0 saturated heterocycles. The van der Waals surface area contributed by atoms with E-state index in [-0.39, 0.29) is 0 Å². The van der Waals surface area contributed by atoms with Gasteiger partial charge in [-0.3, -0.25) is 0 Å². The first kappa shape index (κ1) is 16.9. The van der Waals surface area contributed by atoms with Crippen molar-refractivity contribution in [2.24, 2.45) is 5.92 Å². The second-order valence-electron chi connectivity index (χ2n) is 6.62. The molecule has 1 N–H and O–H groups in total. The Labute approximate surface area is 135 Å². The Bertz CT molecular complexity index is 587. The molecule has 1 nitrogen and oxygen atoms in total. The zero-order valence-electron chi connectivity index (χ0n) is 14.3. The highest BCUT2D eigenvalue weighted by Crippen LogP contribution is 2.36. The molecular weight excluding hydrogens is 268 g/mol. The molecule has 0 spiro atoms. The average molecular weight is 298 g/mol. The van der Waals surface area contributed by atoms with Gasteiger partial charge in [0.1, 0.15) is 5.75 Å². The SMILES string of the molecule is CCCCC(CC)CCC(C)c1ccc2ccccc2c1O. The number of hydrogen-bond donors (Lipinski definition) is 1. The van der Waals surface area contributed by atoms with Gasteiger partial charge in [0.15, 0.2) is 0 Å². The van der Waals surface area contributed by atoms with E-state index in [1.807, 2.05) is 18.2 Å². The van der Waals surface area contributed by atoms with Crippen molar-refractivity contribution >= 4 is 10.8 Å². The molecule has 0 aromatic heterocycles. The van der Waals surface area contributed by atoms with Crippen molar-refractivity contribution in [2.45, 2.75) is 65.2 Å². The molecular formula is C21H30O. The minimum absolute atomic E-state index is 0.417. The van der Waals surface area contributed by atoms with Gasteiger partial charge in [-0.25, -0.2) is 0 Å². The number of unbranched alkanes of at least 4 members (excludes halogenated alkanes) is 1. The number of phenols is 1. The van der Waals surface area contributed by atoms with Crippen LogP contribution in [0.2, 0.25) is 0 Å². The summed E-state index contributed by atoms with van der Waals surface area (Å²) in [5.41, 5.74) is 1.10. The molecule has 2 aromatic carbocycles. The summed E-state index contributed by atoms with van der Waals surface area (Å²) in [7, 11) is 0. The summed E-state index contributed by atoms with van der Waals surface area (Å²) in [6, 6.07) is 12.3. The fourth-order valence-corrected chi connectivity index (χ4v) is 3.36. The van der Waals surface area contributed by atoms with E-state index in [9.17, 15) is 5.11 Å². The van der Waals surface area contributed by atoms with Gasteiger partial charge in [-0.2, -0.15) is 0 Å². The monoisotopic (exact) mass is 298 g/mol. The third-order valence-electron chi connectivity index (χ3n) is 5.01. The smallest absolute Gasteiger partial charge is 0.126 e. The Hall–Kier alpha value is -1.50. The minimum Gasteiger partial charge on any atom is -0.507 e. The van der Waals surface area contributed by atoms with Crippen LogP contribution in [0.5, 0.6) is 5.75 Å². The Balaban J connectivity index is 2.06. The topological polar surface area (TPSA) is 20.2 Å². The van der Waals surface area contributed by atoms with Crippen LogP contribution < -0.4 is 0 Å². The average Bonchev–Trinajstić information content (AvgIpc) is 2.55. The lowest BCUT2D eigenvalue weighted by Gasteiger charge is -2.19. The molecule has 120 valence electrons. The zero-order chi connectivity index (χ0) is 15.9. The lowest BCUT2D eigenvalue weighted by Crippen LogP contribution is -2.03. The first-order chi connectivity index (χ1) is 10.7. The van der Waals surface area contributed by atoms with E-state index in [1.54, 1.807) is 0 Å². The standard InChI is InChI=1S/C21H30O/c1-4-6-9-17(5-2)13-12-16(3)19-15-14-18-10-7-8-11-20(18)21(19)22/h7-8,10-11,14-17,22H,4-6,9,12-13H2,1-3H3. The van der Waals surface area contributed by atoms with Crippen molar-refractivity contribution in [3.8, 4) is 5.75 Å². The Morgan fingerprint density at radius 1 is 0.955 bits per heavy atom. The first-order valence-electron chi connectivity index (χ1n) is 8.87. The van der Waals surface area contributed by atoms with E-state index in [4.69, 9.17) is 0 Å².